The summed E-state index contributed by atoms with van der Waals surface area (Å²) in [4.78, 5) is 10.9. The van der Waals surface area contributed by atoms with Gasteiger partial charge in [-0.2, -0.15) is 8.78 Å². The first kappa shape index (κ1) is 14.2. The van der Waals surface area contributed by atoms with Crippen LogP contribution in [0, 0.1) is 23.3 Å². The molecule has 0 saturated heterocycles. The van der Waals surface area contributed by atoms with Crippen molar-refractivity contribution in [3.8, 4) is 5.75 Å². The minimum Gasteiger partial charge on any atom is -0.503 e. The van der Waals surface area contributed by atoms with Gasteiger partial charge in [-0.3, -0.25) is 4.79 Å². The first-order valence-electron chi connectivity index (χ1n) is 4.68. The highest BCUT2D eigenvalue weighted by Gasteiger charge is 2.27. The van der Waals surface area contributed by atoms with Crippen LogP contribution in [0.15, 0.2) is 0 Å². The number of rotatable bonds is 3. The molecule has 0 saturated carbocycles. The Bertz CT molecular complexity index is 463. The van der Waals surface area contributed by atoms with Crippen molar-refractivity contribution in [1.82, 2.24) is 0 Å². The molecule has 3 N–H and O–H groups in total. The van der Waals surface area contributed by atoms with Crippen LogP contribution in [0.5, 0.6) is 5.75 Å². The Labute approximate surface area is 99.0 Å². The second-order valence-corrected chi connectivity index (χ2v) is 3.42. The number of hydrogen-bond donors (Lipinski definition) is 2. The maximum Gasteiger partial charge on any atom is 0.322 e. The standard InChI is InChI=1S/C10H9F4NO3/c1-18-10(17)4(15)2-3-5(11)7(13)9(16)8(14)6(3)12/h4,16H,2,15H2,1H3/t4-/m0/s1. The van der Waals surface area contributed by atoms with Crippen molar-refractivity contribution in [1.29, 1.82) is 0 Å². The van der Waals surface area contributed by atoms with Crippen LogP contribution in [0.1, 0.15) is 5.56 Å². The molecule has 1 rings (SSSR count). The van der Waals surface area contributed by atoms with E-state index in [1.165, 1.54) is 0 Å². The summed E-state index contributed by atoms with van der Waals surface area (Å²) < 4.78 is 56.7. The smallest absolute Gasteiger partial charge is 0.322 e. The van der Waals surface area contributed by atoms with Crippen LogP contribution in [-0.2, 0) is 16.0 Å². The van der Waals surface area contributed by atoms with Crippen LogP contribution in [0.25, 0.3) is 0 Å². The predicted molar refractivity (Wildman–Crippen MR) is 51.6 cm³/mol. The number of methoxy groups -OCH3 is 1. The zero-order chi connectivity index (χ0) is 14.0. The van der Waals surface area contributed by atoms with Gasteiger partial charge in [0.1, 0.15) is 6.04 Å². The highest BCUT2D eigenvalue weighted by atomic mass is 19.2. The zero-order valence-corrected chi connectivity index (χ0v) is 9.14. The fraction of sp³-hybridized carbons (Fsp3) is 0.300. The lowest BCUT2D eigenvalue weighted by atomic mass is 10.0. The molecule has 100 valence electrons. The Balaban J connectivity index is 3.22. The van der Waals surface area contributed by atoms with Crippen molar-refractivity contribution < 1.29 is 32.2 Å². The summed E-state index contributed by atoms with van der Waals surface area (Å²) in [5, 5.41) is 8.73. The highest BCUT2D eigenvalue weighted by Crippen LogP contribution is 2.29. The van der Waals surface area contributed by atoms with E-state index >= 15 is 0 Å². The molecule has 18 heavy (non-hydrogen) atoms. The molecular formula is C10H9F4NO3. The molecule has 0 amide bonds. The molecule has 0 spiro atoms. The number of phenolic OH excluding ortho intramolecular Hbond substituents is 1. The minimum atomic E-state index is -1.94. The van der Waals surface area contributed by atoms with Gasteiger partial charge in [0.05, 0.1) is 7.11 Å². The average molecular weight is 267 g/mol. The molecule has 1 atom stereocenters. The predicted octanol–water partition coefficient (Wildman–Crippen LogP) is 0.991. The van der Waals surface area contributed by atoms with Gasteiger partial charge in [0, 0.05) is 12.0 Å². The third-order valence-electron chi connectivity index (χ3n) is 2.26. The van der Waals surface area contributed by atoms with E-state index in [1.54, 1.807) is 0 Å². The number of aromatic hydroxyl groups is 1. The van der Waals surface area contributed by atoms with E-state index in [1.807, 2.05) is 0 Å². The van der Waals surface area contributed by atoms with Crippen molar-refractivity contribution in [3.63, 3.8) is 0 Å². The lowest BCUT2D eigenvalue weighted by Crippen LogP contribution is -2.34. The van der Waals surface area contributed by atoms with E-state index in [4.69, 9.17) is 10.8 Å². The second kappa shape index (κ2) is 5.21. The fourth-order valence-electron chi connectivity index (χ4n) is 1.30. The van der Waals surface area contributed by atoms with Crippen molar-refractivity contribution in [2.75, 3.05) is 7.11 Å². The molecule has 1 aromatic rings. The van der Waals surface area contributed by atoms with E-state index in [0.717, 1.165) is 7.11 Å². The SMILES string of the molecule is COC(=O)[C@@H](N)Cc1c(F)c(F)c(O)c(F)c1F. The van der Waals surface area contributed by atoms with Crippen molar-refractivity contribution in [2.24, 2.45) is 5.73 Å². The number of halogens is 4. The van der Waals surface area contributed by atoms with E-state index in [-0.39, 0.29) is 0 Å². The van der Waals surface area contributed by atoms with Crippen LogP contribution in [-0.4, -0.2) is 24.2 Å². The Morgan fingerprint density at radius 1 is 1.22 bits per heavy atom. The quantitative estimate of drug-likeness (QED) is 0.486. The third kappa shape index (κ3) is 2.37. The van der Waals surface area contributed by atoms with Crippen LogP contribution >= 0.6 is 0 Å². The molecule has 0 heterocycles. The average Bonchev–Trinajstić information content (AvgIpc) is 2.37. The van der Waals surface area contributed by atoms with Gasteiger partial charge >= 0.3 is 5.97 Å². The lowest BCUT2D eigenvalue weighted by molar-refractivity contribution is -0.142. The number of ether oxygens (including phenoxy) is 1. The molecule has 0 unspecified atom stereocenters. The van der Waals surface area contributed by atoms with Crippen molar-refractivity contribution in [2.45, 2.75) is 12.5 Å². The number of esters is 1. The summed E-state index contributed by atoms with van der Waals surface area (Å²) in [5.74, 6) is -10.2. The van der Waals surface area contributed by atoms with Crippen LogP contribution in [0.4, 0.5) is 17.6 Å². The number of phenols is 1. The second-order valence-electron chi connectivity index (χ2n) is 3.42. The molecule has 0 aliphatic carbocycles. The van der Waals surface area contributed by atoms with Crippen LogP contribution in [0.2, 0.25) is 0 Å². The maximum atomic E-state index is 13.3. The number of carbonyl (C=O) groups is 1. The third-order valence-corrected chi connectivity index (χ3v) is 2.26. The summed E-state index contributed by atoms with van der Waals surface area (Å²) in [6.07, 6.45) is -0.807. The van der Waals surface area contributed by atoms with Crippen molar-refractivity contribution >= 4 is 5.97 Å². The Morgan fingerprint density at radius 3 is 2.06 bits per heavy atom. The molecule has 8 heteroatoms. The van der Waals surface area contributed by atoms with E-state index < -0.39 is 53.0 Å². The van der Waals surface area contributed by atoms with Gasteiger partial charge in [-0.1, -0.05) is 0 Å². The van der Waals surface area contributed by atoms with Crippen molar-refractivity contribution in [3.05, 3.63) is 28.8 Å². The molecule has 0 bridgehead atoms. The first-order valence-corrected chi connectivity index (χ1v) is 4.68. The highest BCUT2D eigenvalue weighted by molar-refractivity contribution is 5.75. The van der Waals surface area contributed by atoms with Gasteiger partial charge in [-0.25, -0.2) is 8.78 Å². The van der Waals surface area contributed by atoms with Gasteiger partial charge in [-0.05, 0) is 0 Å². The molecule has 0 aromatic heterocycles. The van der Waals surface area contributed by atoms with E-state index in [9.17, 15) is 22.4 Å². The Kier molecular flexibility index (Phi) is 4.12. The van der Waals surface area contributed by atoms with Gasteiger partial charge in [0.15, 0.2) is 17.4 Å². The summed E-state index contributed by atoms with van der Waals surface area (Å²) in [5.41, 5.74) is 4.15. The first-order chi connectivity index (χ1) is 8.31. The molecule has 0 aliphatic heterocycles. The normalized spacial score (nSPS) is 12.3. The van der Waals surface area contributed by atoms with Gasteiger partial charge in [0.25, 0.3) is 0 Å². The van der Waals surface area contributed by atoms with Crippen LogP contribution < -0.4 is 5.73 Å². The van der Waals surface area contributed by atoms with Gasteiger partial charge in [0.2, 0.25) is 11.6 Å². The van der Waals surface area contributed by atoms with Gasteiger partial charge < -0.3 is 15.6 Å². The molecule has 0 aliphatic rings. The Hall–Kier alpha value is -1.83. The molecule has 0 fully saturated rings. The Morgan fingerprint density at radius 2 is 1.67 bits per heavy atom. The molecular weight excluding hydrogens is 258 g/mol. The largest absolute Gasteiger partial charge is 0.503 e. The van der Waals surface area contributed by atoms with E-state index in [0.29, 0.717) is 0 Å². The summed E-state index contributed by atoms with van der Waals surface area (Å²) in [7, 11) is 0.993. The fourth-order valence-corrected chi connectivity index (χ4v) is 1.30. The number of benzene rings is 1. The summed E-state index contributed by atoms with van der Waals surface area (Å²) >= 11 is 0. The number of carbonyl (C=O) groups excluding carboxylic acids is 1. The number of nitrogens with two attached hydrogens (primary N) is 1. The molecule has 1 aromatic carbocycles. The minimum absolute atomic E-state index is 0.807. The number of hydrogen-bond acceptors (Lipinski definition) is 4. The van der Waals surface area contributed by atoms with E-state index in [2.05, 4.69) is 4.74 Å². The van der Waals surface area contributed by atoms with Crippen LogP contribution in [0.3, 0.4) is 0 Å². The zero-order valence-electron chi connectivity index (χ0n) is 9.14. The lowest BCUT2D eigenvalue weighted by Gasteiger charge is -2.12. The monoisotopic (exact) mass is 267 g/mol. The van der Waals surface area contributed by atoms with Gasteiger partial charge in [-0.15, -0.1) is 0 Å². The topological polar surface area (TPSA) is 72.5 Å². The summed E-state index contributed by atoms with van der Waals surface area (Å²) in [6.45, 7) is 0. The summed E-state index contributed by atoms with van der Waals surface area (Å²) in [6, 6.07) is -1.48. The molecule has 4 nitrogen and oxygen atoms in total. The maximum absolute atomic E-state index is 13.3. The molecule has 0 radical (unpaired) electrons.